The van der Waals surface area contributed by atoms with Gasteiger partial charge in [-0.25, -0.2) is 8.42 Å². The van der Waals surface area contributed by atoms with Gasteiger partial charge in [-0.05, 0) is 49.4 Å². The number of rotatable bonds is 7. The maximum Gasteiger partial charge on any atom is 0.306 e. The van der Waals surface area contributed by atoms with Gasteiger partial charge in [-0.2, -0.15) is 4.31 Å². The molecule has 2 aromatic rings. The fourth-order valence-corrected chi connectivity index (χ4v) is 4.89. The normalized spacial score (nSPS) is 16.5. The lowest BCUT2D eigenvalue weighted by Crippen LogP contribution is -2.35. The SMILES string of the molecule is C[C@H](OC(=O)CCc1ccc(S(=O)(=O)N2CCCCC2)cc1)c1ccccc1. The molecule has 1 saturated heterocycles. The Morgan fingerprint density at radius 3 is 2.29 bits per heavy atom. The van der Waals surface area contributed by atoms with Crippen LogP contribution in [0, 0.1) is 0 Å². The number of benzene rings is 2. The van der Waals surface area contributed by atoms with E-state index in [1.54, 1.807) is 28.6 Å². The molecule has 2 aromatic carbocycles. The lowest BCUT2D eigenvalue weighted by Gasteiger charge is -2.25. The summed E-state index contributed by atoms with van der Waals surface area (Å²) in [6.07, 6.45) is 3.41. The number of esters is 1. The molecular weight excluding hydrogens is 374 g/mol. The van der Waals surface area contributed by atoms with Gasteiger partial charge in [-0.15, -0.1) is 0 Å². The quantitative estimate of drug-likeness (QED) is 0.655. The summed E-state index contributed by atoms with van der Waals surface area (Å²) in [5.41, 5.74) is 1.88. The Bertz CT molecular complexity index is 873. The number of hydrogen-bond donors (Lipinski definition) is 0. The summed E-state index contributed by atoms with van der Waals surface area (Å²) in [5.74, 6) is -0.263. The topological polar surface area (TPSA) is 63.7 Å². The van der Waals surface area contributed by atoms with Crippen LogP contribution in [0.1, 0.15) is 49.8 Å². The van der Waals surface area contributed by atoms with Crippen LogP contribution in [-0.2, 0) is 26.0 Å². The van der Waals surface area contributed by atoms with Crippen molar-refractivity contribution >= 4 is 16.0 Å². The van der Waals surface area contributed by atoms with Crippen molar-refractivity contribution in [1.29, 1.82) is 0 Å². The standard InChI is InChI=1S/C22H27NO4S/c1-18(20-8-4-2-5-9-20)27-22(24)15-12-19-10-13-21(14-11-19)28(25,26)23-16-6-3-7-17-23/h2,4-5,8-11,13-14,18H,3,6-7,12,15-17H2,1H3/t18-/m0/s1. The minimum absolute atomic E-state index is 0.259. The molecule has 1 atom stereocenters. The van der Waals surface area contributed by atoms with Gasteiger partial charge in [-0.3, -0.25) is 4.79 Å². The smallest absolute Gasteiger partial charge is 0.306 e. The van der Waals surface area contributed by atoms with Crippen LogP contribution in [0.15, 0.2) is 59.5 Å². The first kappa shape index (κ1) is 20.6. The molecule has 28 heavy (non-hydrogen) atoms. The molecule has 3 rings (SSSR count). The molecule has 0 amide bonds. The Balaban J connectivity index is 1.53. The van der Waals surface area contributed by atoms with Gasteiger partial charge in [-0.1, -0.05) is 48.9 Å². The fourth-order valence-electron chi connectivity index (χ4n) is 3.38. The highest BCUT2D eigenvalue weighted by molar-refractivity contribution is 7.89. The predicted octanol–water partition coefficient (Wildman–Crippen LogP) is 4.10. The summed E-state index contributed by atoms with van der Waals surface area (Å²) in [6, 6.07) is 16.5. The van der Waals surface area contributed by atoms with Gasteiger partial charge >= 0.3 is 5.97 Å². The van der Waals surface area contributed by atoms with Gasteiger partial charge in [0.15, 0.2) is 0 Å². The zero-order chi connectivity index (χ0) is 20.0. The maximum atomic E-state index is 12.7. The maximum absolute atomic E-state index is 12.7. The number of carbonyl (C=O) groups excluding carboxylic acids is 1. The van der Waals surface area contributed by atoms with E-state index in [2.05, 4.69) is 0 Å². The van der Waals surface area contributed by atoms with Crippen LogP contribution in [0.25, 0.3) is 0 Å². The van der Waals surface area contributed by atoms with E-state index in [9.17, 15) is 13.2 Å². The first-order valence-electron chi connectivity index (χ1n) is 9.80. The van der Waals surface area contributed by atoms with Crippen LogP contribution in [0.2, 0.25) is 0 Å². The molecule has 0 bridgehead atoms. The molecule has 1 fully saturated rings. The monoisotopic (exact) mass is 401 g/mol. The third-order valence-corrected chi connectivity index (χ3v) is 6.98. The number of nitrogens with zero attached hydrogens (tertiary/aromatic N) is 1. The minimum Gasteiger partial charge on any atom is -0.458 e. The van der Waals surface area contributed by atoms with E-state index < -0.39 is 10.0 Å². The zero-order valence-electron chi connectivity index (χ0n) is 16.2. The lowest BCUT2D eigenvalue weighted by molar-refractivity contribution is -0.148. The fraction of sp³-hybridized carbons (Fsp3) is 0.409. The number of piperidine rings is 1. The van der Waals surface area contributed by atoms with Crippen LogP contribution >= 0.6 is 0 Å². The summed E-state index contributed by atoms with van der Waals surface area (Å²) >= 11 is 0. The Morgan fingerprint density at radius 1 is 1.00 bits per heavy atom. The Morgan fingerprint density at radius 2 is 1.64 bits per heavy atom. The van der Waals surface area contributed by atoms with Crippen molar-refractivity contribution in [3.63, 3.8) is 0 Å². The zero-order valence-corrected chi connectivity index (χ0v) is 17.0. The molecule has 1 heterocycles. The molecule has 0 radical (unpaired) electrons. The third kappa shape index (κ3) is 5.20. The Hall–Kier alpha value is -2.18. The van der Waals surface area contributed by atoms with E-state index in [4.69, 9.17) is 4.74 Å². The summed E-state index contributed by atoms with van der Waals surface area (Å²) in [7, 11) is -3.41. The van der Waals surface area contributed by atoms with Crippen molar-refractivity contribution in [3.8, 4) is 0 Å². The van der Waals surface area contributed by atoms with Crippen molar-refractivity contribution in [3.05, 3.63) is 65.7 Å². The van der Waals surface area contributed by atoms with Crippen molar-refractivity contribution in [2.45, 2.75) is 50.0 Å². The number of aryl methyl sites for hydroxylation is 1. The molecule has 0 unspecified atom stereocenters. The van der Waals surface area contributed by atoms with E-state index >= 15 is 0 Å². The van der Waals surface area contributed by atoms with E-state index in [0.717, 1.165) is 30.4 Å². The van der Waals surface area contributed by atoms with Gasteiger partial charge in [0.05, 0.1) is 4.90 Å². The summed E-state index contributed by atoms with van der Waals surface area (Å²) in [6.45, 7) is 3.04. The number of ether oxygens (including phenoxy) is 1. The lowest BCUT2D eigenvalue weighted by atomic mass is 10.1. The number of sulfonamides is 1. The average Bonchev–Trinajstić information content (AvgIpc) is 2.74. The van der Waals surface area contributed by atoms with Gasteiger partial charge in [0, 0.05) is 19.5 Å². The molecule has 6 heteroatoms. The van der Waals surface area contributed by atoms with Crippen molar-refractivity contribution in [2.24, 2.45) is 0 Å². The molecule has 0 spiro atoms. The van der Waals surface area contributed by atoms with Gasteiger partial charge < -0.3 is 4.74 Å². The highest BCUT2D eigenvalue weighted by Crippen LogP contribution is 2.22. The Kier molecular flexibility index (Phi) is 6.86. The summed E-state index contributed by atoms with van der Waals surface area (Å²) in [4.78, 5) is 12.4. The van der Waals surface area contributed by atoms with Crippen LogP contribution in [0.5, 0.6) is 0 Å². The minimum atomic E-state index is -3.41. The first-order valence-corrected chi connectivity index (χ1v) is 11.2. The van der Waals surface area contributed by atoms with Crippen LogP contribution in [0.4, 0.5) is 0 Å². The molecule has 0 aliphatic carbocycles. The largest absolute Gasteiger partial charge is 0.458 e. The second-order valence-electron chi connectivity index (χ2n) is 7.15. The van der Waals surface area contributed by atoms with E-state index in [1.165, 1.54) is 0 Å². The second kappa shape index (κ2) is 9.34. The summed E-state index contributed by atoms with van der Waals surface area (Å²) < 4.78 is 32.4. The van der Waals surface area contributed by atoms with E-state index in [1.807, 2.05) is 37.3 Å². The van der Waals surface area contributed by atoms with E-state index in [0.29, 0.717) is 24.4 Å². The third-order valence-electron chi connectivity index (χ3n) is 5.07. The molecule has 1 aliphatic heterocycles. The molecule has 5 nitrogen and oxygen atoms in total. The van der Waals surface area contributed by atoms with Gasteiger partial charge in [0.2, 0.25) is 10.0 Å². The second-order valence-corrected chi connectivity index (χ2v) is 9.09. The molecule has 0 saturated carbocycles. The average molecular weight is 402 g/mol. The van der Waals surface area contributed by atoms with Crippen LogP contribution in [-0.4, -0.2) is 31.8 Å². The molecular formula is C22H27NO4S. The highest BCUT2D eigenvalue weighted by atomic mass is 32.2. The first-order chi connectivity index (χ1) is 13.5. The van der Waals surface area contributed by atoms with Gasteiger partial charge in [0.25, 0.3) is 0 Å². The van der Waals surface area contributed by atoms with Crippen molar-refractivity contribution in [2.75, 3.05) is 13.1 Å². The van der Waals surface area contributed by atoms with Gasteiger partial charge in [0.1, 0.15) is 6.10 Å². The molecule has 150 valence electrons. The van der Waals surface area contributed by atoms with Crippen molar-refractivity contribution < 1.29 is 17.9 Å². The molecule has 0 N–H and O–H groups in total. The highest BCUT2D eigenvalue weighted by Gasteiger charge is 2.25. The van der Waals surface area contributed by atoms with Crippen LogP contribution < -0.4 is 0 Å². The van der Waals surface area contributed by atoms with E-state index in [-0.39, 0.29) is 18.5 Å². The number of carbonyl (C=O) groups is 1. The molecule has 1 aliphatic rings. The Labute approximate surface area is 167 Å². The summed E-state index contributed by atoms with van der Waals surface area (Å²) in [5, 5.41) is 0. The predicted molar refractivity (Wildman–Crippen MR) is 108 cm³/mol. The van der Waals surface area contributed by atoms with Crippen LogP contribution in [0.3, 0.4) is 0 Å². The molecule has 0 aromatic heterocycles. The van der Waals surface area contributed by atoms with Crippen molar-refractivity contribution in [1.82, 2.24) is 4.31 Å². The number of hydrogen-bond acceptors (Lipinski definition) is 4.